The number of para-hydroxylation sites is 2. The van der Waals surface area contributed by atoms with Crippen LogP contribution < -0.4 is 10.2 Å². The number of hydrogen-bond donors (Lipinski definition) is 1. The summed E-state index contributed by atoms with van der Waals surface area (Å²) in [5, 5.41) is 3.32. The Balaban J connectivity index is 1.60. The minimum atomic E-state index is -0.246. The summed E-state index contributed by atoms with van der Waals surface area (Å²) < 4.78 is 0. The molecule has 2 unspecified atom stereocenters. The highest BCUT2D eigenvalue weighted by Crippen LogP contribution is 2.43. The molecule has 148 valence electrons. The fourth-order valence-electron chi connectivity index (χ4n) is 4.87. The van der Waals surface area contributed by atoms with Gasteiger partial charge in [-0.3, -0.25) is 19.4 Å². The average Bonchev–Trinajstić information content (AvgIpc) is 2.87. The van der Waals surface area contributed by atoms with E-state index in [4.69, 9.17) is 11.6 Å². The van der Waals surface area contributed by atoms with Crippen LogP contribution in [0.2, 0.25) is 5.02 Å². The van der Waals surface area contributed by atoms with Gasteiger partial charge in [0.05, 0.1) is 27.6 Å². The molecular weight excluding hydrogens is 386 g/mol. The van der Waals surface area contributed by atoms with Gasteiger partial charge in [-0.15, -0.1) is 0 Å². The van der Waals surface area contributed by atoms with E-state index in [1.807, 2.05) is 6.07 Å². The topological polar surface area (TPSA) is 52.7 Å². The summed E-state index contributed by atoms with van der Waals surface area (Å²) >= 11 is 6.51. The van der Waals surface area contributed by atoms with Crippen LogP contribution in [0.5, 0.6) is 0 Å². The lowest BCUT2D eigenvalue weighted by Crippen LogP contribution is -2.37. The molecule has 5 rings (SSSR count). The zero-order valence-corrected chi connectivity index (χ0v) is 16.9. The first kappa shape index (κ1) is 18.4. The molecule has 3 aliphatic rings. The van der Waals surface area contributed by atoms with Crippen LogP contribution >= 0.6 is 11.6 Å². The third-order valence-electron chi connectivity index (χ3n) is 6.38. The molecule has 5 nitrogen and oxygen atoms in total. The Kier molecular flexibility index (Phi) is 4.45. The molecule has 0 saturated carbocycles. The highest BCUT2D eigenvalue weighted by atomic mass is 35.5. The molecule has 2 atom stereocenters. The molecule has 0 radical (unpaired) electrons. The Morgan fingerprint density at radius 3 is 2.59 bits per heavy atom. The summed E-state index contributed by atoms with van der Waals surface area (Å²) in [6.45, 7) is 0. The highest BCUT2D eigenvalue weighted by molar-refractivity contribution is 6.36. The van der Waals surface area contributed by atoms with Crippen molar-refractivity contribution in [3.05, 3.63) is 64.7 Å². The third-order valence-corrected chi connectivity index (χ3v) is 6.68. The minimum Gasteiger partial charge on any atom is -0.320 e. The van der Waals surface area contributed by atoms with E-state index in [1.54, 1.807) is 47.4 Å². The van der Waals surface area contributed by atoms with Crippen LogP contribution in [0.4, 0.5) is 17.1 Å². The van der Waals surface area contributed by atoms with E-state index >= 15 is 0 Å². The molecule has 2 bridgehead atoms. The molecule has 2 aromatic rings. The minimum absolute atomic E-state index is 0.165. The number of benzene rings is 2. The number of fused-ring (bicyclic) bond motifs is 4. The molecule has 0 aliphatic carbocycles. The quantitative estimate of drug-likeness (QED) is 0.694. The predicted molar refractivity (Wildman–Crippen MR) is 115 cm³/mol. The van der Waals surface area contributed by atoms with E-state index < -0.39 is 0 Å². The van der Waals surface area contributed by atoms with E-state index in [0.717, 1.165) is 12.8 Å². The van der Waals surface area contributed by atoms with Crippen LogP contribution in [-0.4, -0.2) is 35.8 Å². The fraction of sp³-hybridized carbons (Fsp3) is 0.304. The van der Waals surface area contributed by atoms with Crippen LogP contribution in [0.15, 0.2) is 54.1 Å². The van der Waals surface area contributed by atoms with E-state index in [0.29, 0.717) is 39.7 Å². The molecule has 6 heteroatoms. The number of carbonyl (C=O) groups excluding carboxylic acids is 2. The van der Waals surface area contributed by atoms with E-state index in [1.165, 1.54) is 18.4 Å². The summed E-state index contributed by atoms with van der Waals surface area (Å²) in [5.74, 6) is -0.411. The molecule has 2 saturated heterocycles. The lowest BCUT2D eigenvalue weighted by molar-refractivity contribution is -0.113. The maximum absolute atomic E-state index is 13.6. The van der Waals surface area contributed by atoms with Crippen molar-refractivity contribution in [3.8, 4) is 0 Å². The van der Waals surface area contributed by atoms with Crippen LogP contribution in [0.1, 0.15) is 36.0 Å². The number of amides is 2. The Bertz CT molecular complexity index is 1030. The number of nitrogens with zero attached hydrogens (tertiary/aromatic N) is 2. The molecule has 0 aromatic heterocycles. The molecule has 0 spiro atoms. The van der Waals surface area contributed by atoms with Crippen LogP contribution in [0, 0.1) is 0 Å². The number of piperidine rings is 1. The largest absolute Gasteiger partial charge is 0.320 e. The van der Waals surface area contributed by atoms with Gasteiger partial charge in [-0.25, -0.2) is 0 Å². The molecule has 2 amide bonds. The van der Waals surface area contributed by atoms with Gasteiger partial charge in [-0.2, -0.15) is 0 Å². The Morgan fingerprint density at radius 2 is 1.83 bits per heavy atom. The first-order valence-electron chi connectivity index (χ1n) is 9.97. The summed E-state index contributed by atoms with van der Waals surface area (Å²) in [6.07, 6.45) is 5.97. The van der Waals surface area contributed by atoms with Crippen molar-refractivity contribution in [1.29, 1.82) is 0 Å². The Hall–Kier alpha value is -2.63. The first-order chi connectivity index (χ1) is 14.0. The smallest absolute Gasteiger partial charge is 0.257 e. The summed E-state index contributed by atoms with van der Waals surface area (Å²) in [7, 11) is 2.18. The lowest BCUT2D eigenvalue weighted by Gasteiger charge is -2.33. The van der Waals surface area contributed by atoms with Crippen molar-refractivity contribution in [2.45, 2.75) is 37.8 Å². The summed E-state index contributed by atoms with van der Waals surface area (Å²) in [5.41, 5.74) is 3.24. The second kappa shape index (κ2) is 7.01. The second-order valence-corrected chi connectivity index (χ2v) is 8.45. The zero-order chi connectivity index (χ0) is 20.1. The number of hydrogen-bond acceptors (Lipinski definition) is 3. The van der Waals surface area contributed by atoms with Gasteiger partial charge in [0.15, 0.2) is 0 Å². The normalized spacial score (nSPS) is 23.2. The van der Waals surface area contributed by atoms with E-state index in [-0.39, 0.29) is 11.8 Å². The maximum atomic E-state index is 13.6. The number of rotatable bonds is 1. The van der Waals surface area contributed by atoms with Gasteiger partial charge in [0.25, 0.3) is 11.8 Å². The number of anilines is 3. The summed E-state index contributed by atoms with van der Waals surface area (Å²) in [4.78, 5) is 30.3. The van der Waals surface area contributed by atoms with Gasteiger partial charge in [-0.05, 0) is 57.0 Å². The molecule has 29 heavy (non-hydrogen) atoms. The van der Waals surface area contributed by atoms with Crippen molar-refractivity contribution in [2.75, 3.05) is 17.3 Å². The van der Waals surface area contributed by atoms with Gasteiger partial charge < -0.3 is 5.32 Å². The fourth-order valence-corrected chi connectivity index (χ4v) is 5.13. The summed E-state index contributed by atoms with van der Waals surface area (Å²) in [6, 6.07) is 13.5. The van der Waals surface area contributed by atoms with Crippen molar-refractivity contribution < 1.29 is 9.59 Å². The number of halogens is 1. The van der Waals surface area contributed by atoms with Gasteiger partial charge >= 0.3 is 0 Å². The van der Waals surface area contributed by atoms with Crippen molar-refractivity contribution in [2.24, 2.45) is 0 Å². The number of nitrogens with one attached hydrogen (secondary N) is 1. The maximum Gasteiger partial charge on any atom is 0.257 e. The standard InChI is InChI=1S/C23H22ClN3O2/c1-26-15-9-10-16(26)12-14(11-15)13-21(28)27-20-8-3-2-5-17(20)23(29)25-19-7-4-6-18(24)22(19)27/h2-8,13,15-16H,9-12H2,1H3,(H,25,29). The SMILES string of the molecule is CN1C2CCC1CC(=CC(=O)N1c3ccccc3C(=O)Nc3cccc(Cl)c31)C2. The zero-order valence-electron chi connectivity index (χ0n) is 16.2. The highest BCUT2D eigenvalue weighted by Gasteiger charge is 2.37. The lowest BCUT2D eigenvalue weighted by atomic mass is 9.96. The predicted octanol–water partition coefficient (Wildman–Crippen LogP) is 4.75. The number of carbonyl (C=O) groups is 2. The van der Waals surface area contributed by atoms with E-state index in [2.05, 4.69) is 17.3 Å². The monoisotopic (exact) mass is 407 g/mol. The van der Waals surface area contributed by atoms with Gasteiger partial charge in [0.2, 0.25) is 0 Å². The molecule has 1 N–H and O–H groups in total. The van der Waals surface area contributed by atoms with Crippen molar-refractivity contribution >= 4 is 40.5 Å². The van der Waals surface area contributed by atoms with E-state index in [9.17, 15) is 9.59 Å². The molecule has 3 heterocycles. The van der Waals surface area contributed by atoms with Gasteiger partial charge in [-0.1, -0.05) is 35.4 Å². The van der Waals surface area contributed by atoms with Crippen molar-refractivity contribution in [3.63, 3.8) is 0 Å². The van der Waals surface area contributed by atoms with Gasteiger partial charge in [0, 0.05) is 18.2 Å². The Labute approximate surface area is 174 Å². The van der Waals surface area contributed by atoms with Crippen LogP contribution in [0.3, 0.4) is 0 Å². The van der Waals surface area contributed by atoms with Crippen LogP contribution in [0.25, 0.3) is 0 Å². The molecular formula is C23H22ClN3O2. The first-order valence-corrected chi connectivity index (χ1v) is 10.3. The van der Waals surface area contributed by atoms with Crippen molar-refractivity contribution in [1.82, 2.24) is 4.90 Å². The molecule has 3 aliphatic heterocycles. The third kappa shape index (κ3) is 3.05. The van der Waals surface area contributed by atoms with Gasteiger partial charge in [0.1, 0.15) is 0 Å². The van der Waals surface area contributed by atoms with Crippen LogP contribution in [-0.2, 0) is 4.79 Å². The average molecular weight is 408 g/mol. The molecule has 2 fully saturated rings. The molecule has 2 aromatic carbocycles. The second-order valence-electron chi connectivity index (χ2n) is 8.04. The Morgan fingerprint density at radius 1 is 1.10 bits per heavy atom.